The molecule has 0 aliphatic heterocycles. The van der Waals surface area contributed by atoms with E-state index < -0.39 is 0 Å². The van der Waals surface area contributed by atoms with E-state index in [1.165, 1.54) is 25.7 Å². The van der Waals surface area contributed by atoms with Gasteiger partial charge in [-0.15, -0.1) is 0 Å². The summed E-state index contributed by atoms with van der Waals surface area (Å²) in [6.45, 7) is 3.96. The van der Waals surface area contributed by atoms with Crippen LogP contribution in [0.5, 0.6) is 0 Å². The van der Waals surface area contributed by atoms with Crippen LogP contribution in [-0.4, -0.2) is 37.1 Å². The molecule has 0 radical (unpaired) electrons. The molecule has 0 aromatic heterocycles. The van der Waals surface area contributed by atoms with Gasteiger partial charge in [-0.2, -0.15) is 5.26 Å². The molecule has 1 rings (SSSR count). The summed E-state index contributed by atoms with van der Waals surface area (Å²) >= 11 is 0. The third-order valence-corrected chi connectivity index (χ3v) is 3.32. The van der Waals surface area contributed by atoms with E-state index in [0.717, 1.165) is 25.6 Å². The van der Waals surface area contributed by atoms with E-state index in [1.807, 2.05) is 6.92 Å². The van der Waals surface area contributed by atoms with E-state index in [1.54, 1.807) is 0 Å². The quantitative estimate of drug-likeness (QED) is 0.724. The van der Waals surface area contributed by atoms with E-state index in [2.05, 4.69) is 23.3 Å². The van der Waals surface area contributed by atoms with Crippen molar-refractivity contribution >= 4 is 0 Å². The third kappa shape index (κ3) is 4.19. The van der Waals surface area contributed by atoms with E-state index in [0.29, 0.717) is 0 Å². The summed E-state index contributed by atoms with van der Waals surface area (Å²) in [5.41, 5.74) is 0. The molecule has 1 atom stereocenters. The minimum absolute atomic E-state index is 0.0267. The molecule has 0 saturated heterocycles. The molecule has 0 bridgehead atoms. The van der Waals surface area contributed by atoms with Crippen molar-refractivity contribution in [2.24, 2.45) is 0 Å². The van der Waals surface area contributed by atoms with Crippen molar-refractivity contribution < 1.29 is 0 Å². The summed E-state index contributed by atoms with van der Waals surface area (Å²) in [4.78, 5) is 2.43. The summed E-state index contributed by atoms with van der Waals surface area (Å²) in [7, 11) is 2.19. The van der Waals surface area contributed by atoms with Crippen LogP contribution in [-0.2, 0) is 0 Å². The van der Waals surface area contributed by atoms with Crippen LogP contribution in [0.4, 0.5) is 0 Å². The topological polar surface area (TPSA) is 39.1 Å². The molecule has 1 fully saturated rings. The second-order valence-electron chi connectivity index (χ2n) is 4.45. The molecule has 1 N–H and O–H groups in total. The Balaban J connectivity index is 2.19. The van der Waals surface area contributed by atoms with Gasteiger partial charge in [0.2, 0.25) is 0 Å². The molecule has 0 spiro atoms. The van der Waals surface area contributed by atoms with Crippen LogP contribution in [0.1, 0.15) is 39.0 Å². The van der Waals surface area contributed by atoms with Crippen molar-refractivity contribution in [3.63, 3.8) is 0 Å². The standard InChI is InChI=1S/C12H23N3/c1-3-14-11(10-13)8-9-15(2)12-6-4-5-7-12/h11-12,14H,3-9H2,1-2H3. The number of rotatable bonds is 6. The minimum Gasteiger partial charge on any atom is -0.303 e. The van der Waals surface area contributed by atoms with Gasteiger partial charge in [-0.25, -0.2) is 0 Å². The molecule has 1 aliphatic rings. The monoisotopic (exact) mass is 209 g/mol. The van der Waals surface area contributed by atoms with Crippen LogP contribution in [0.25, 0.3) is 0 Å². The highest BCUT2D eigenvalue weighted by atomic mass is 15.1. The average Bonchev–Trinajstić information content (AvgIpc) is 2.77. The average molecular weight is 209 g/mol. The Morgan fingerprint density at radius 3 is 2.67 bits per heavy atom. The van der Waals surface area contributed by atoms with Crippen molar-refractivity contribution in [2.45, 2.75) is 51.1 Å². The van der Waals surface area contributed by atoms with Crippen LogP contribution in [0.3, 0.4) is 0 Å². The first kappa shape index (κ1) is 12.5. The summed E-state index contributed by atoms with van der Waals surface area (Å²) in [6, 6.07) is 3.11. The molecule has 15 heavy (non-hydrogen) atoms. The first-order chi connectivity index (χ1) is 7.27. The maximum absolute atomic E-state index is 8.90. The summed E-state index contributed by atoms with van der Waals surface area (Å²) < 4.78 is 0. The Labute approximate surface area is 93.5 Å². The zero-order valence-electron chi connectivity index (χ0n) is 10.00. The van der Waals surface area contributed by atoms with Crippen molar-refractivity contribution in [1.82, 2.24) is 10.2 Å². The van der Waals surface area contributed by atoms with Crippen molar-refractivity contribution in [1.29, 1.82) is 5.26 Å². The summed E-state index contributed by atoms with van der Waals surface area (Å²) in [5, 5.41) is 12.1. The predicted octanol–water partition coefficient (Wildman–Crippen LogP) is 1.75. The maximum Gasteiger partial charge on any atom is 0.0965 e. The van der Waals surface area contributed by atoms with E-state index in [4.69, 9.17) is 5.26 Å². The second kappa shape index (κ2) is 6.81. The maximum atomic E-state index is 8.90. The Bertz CT molecular complexity index is 203. The van der Waals surface area contributed by atoms with Gasteiger partial charge in [-0.3, -0.25) is 0 Å². The number of nitrogens with zero attached hydrogens (tertiary/aromatic N) is 2. The van der Waals surface area contributed by atoms with Gasteiger partial charge in [0.15, 0.2) is 0 Å². The molecular weight excluding hydrogens is 186 g/mol. The smallest absolute Gasteiger partial charge is 0.0965 e. The zero-order chi connectivity index (χ0) is 11.1. The first-order valence-corrected chi connectivity index (χ1v) is 6.11. The summed E-state index contributed by atoms with van der Waals surface area (Å²) in [5.74, 6) is 0. The summed E-state index contributed by atoms with van der Waals surface area (Å²) in [6.07, 6.45) is 6.38. The fourth-order valence-electron chi connectivity index (χ4n) is 2.32. The van der Waals surface area contributed by atoms with E-state index >= 15 is 0 Å². The molecule has 0 amide bonds. The van der Waals surface area contributed by atoms with Crippen LogP contribution in [0.15, 0.2) is 0 Å². The Hall–Kier alpha value is -0.590. The van der Waals surface area contributed by atoms with Gasteiger partial charge < -0.3 is 10.2 Å². The SMILES string of the molecule is CCNC(C#N)CCN(C)C1CCCC1. The Morgan fingerprint density at radius 2 is 2.13 bits per heavy atom. The van der Waals surface area contributed by atoms with Gasteiger partial charge in [0.25, 0.3) is 0 Å². The highest BCUT2D eigenvalue weighted by molar-refractivity contribution is 4.90. The normalized spacial score (nSPS) is 19.3. The zero-order valence-corrected chi connectivity index (χ0v) is 10.00. The number of nitrogens with one attached hydrogen (secondary N) is 1. The van der Waals surface area contributed by atoms with Crippen LogP contribution >= 0.6 is 0 Å². The van der Waals surface area contributed by atoms with E-state index in [-0.39, 0.29) is 6.04 Å². The lowest BCUT2D eigenvalue weighted by Gasteiger charge is -2.24. The van der Waals surface area contributed by atoms with Crippen LogP contribution in [0, 0.1) is 11.3 Å². The van der Waals surface area contributed by atoms with E-state index in [9.17, 15) is 0 Å². The molecule has 1 aliphatic carbocycles. The number of hydrogen-bond donors (Lipinski definition) is 1. The lowest BCUT2D eigenvalue weighted by molar-refractivity contribution is 0.237. The molecule has 0 aromatic carbocycles. The fourth-order valence-corrected chi connectivity index (χ4v) is 2.32. The van der Waals surface area contributed by atoms with Crippen molar-refractivity contribution in [3.05, 3.63) is 0 Å². The van der Waals surface area contributed by atoms with Gasteiger partial charge in [-0.1, -0.05) is 19.8 Å². The first-order valence-electron chi connectivity index (χ1n) is 6.11. The Morgan fingerprint density at radius 1 is 1.47 bits per heavy atom. The highest BCUT2D eigenvalue weighted by Crippen LogP contribution is 2.22. The van der Waals surface area contributed by atoms with Crippen LogP contribution < -0.4 is 5.32 Å². The van der Waals surface area contributed by atoms with Crippen LogP contribution in [0.2, 0.25) is 0 Å². The highest BCUT2D eigenvalue weighted by Gasteiger charge is 2.19. The molecule has 0 aromatic rings. The number of hydrogen-bond acceptors (Lipinski definition) is 3. The molecule has 3 heteroatoms. The molecule has 0 heterocycles. The third-order valence-electron chi connectivity index (χ3n) is 3.32. The van der Waals surface area contributed by atoms with Gasteiger partial charge in [0, 0.05) is 12.6 Å². The van der Waals surface area contributed by atoms with Gasteiger partial charge in [0.05, 0.1) is 12.1 Å². The second-order valence-corrected chi connectivity index (χ2v) is 4.45. The van der Waals surface area contributed by atoms with Crippen molar-refractivity contribution in [2.75, 3.05) is 20.1 Å². The lowest BCUT2D eigenvalue weighted by atomic mass is 10.1. The fraction of sp³-hybridized carbons (Fsp3) is 0.917. The van der Waals surface area contributed by atoms with Crippen molar-refractivity contribution in [3.8, 4) is 6.07 Å². The lowest BCUT2D eigenvalue weighted by Crippen LogP contribution is -2.35. The van der Waals surface area contributed by atoms with Gasteiger partial charge in [-0.05, 0) is 32.9 Å². The molecule has 1 saturated carbocycles. The molecule has 3 nitrogen and oxygen atoms in total. The predicted molar refractivity (Wildman–Crippen MR) is 62.6 cm³/mol. The number of nitriles is 1. The van der Waals surface area contributed by atoms with Gasteiger partial charge in [0.1, 0.15) is 0 Å². The van der Waals surface area contributed by atoms with Gasteiger partial charge >= 0.3 is 0 Å². The molecular formula is C12H23N3. The largest absolute Gasteiger partial charge is 0.303 e. The molecule has 86 valence electrons. The molecule has 1 unspecified atom stereocenters. The minimum atomic E-state index is 0.0267. The Kier molecular flexibility index (Phi) is 5.67.